The van der Waals surface area contributed by atoms with Gasteiger partial charge < -0.3 is 10.2 Å². The second-order valence-corrected chi connectivity index (χ2v) is 6.81. The van der Waals surface area contributed by atoms with Crippen LogP contribution in [0.1, 0.15) is 36.0 Å². The molecule has 1 aliphatic carbocycles. The van der Waals surface area contributed by atoms with Crippen molar-refractivity contribution in [3.8, 4) is 0 Å². The third kappa shape index (κ3) is 3.39. The number of rotatable bonds is 7. The molecule has 0 aromatic carbocycles. The second-order valence-electron chi connectivity index (χ2n) is 4.97. The Kier molecular flexibility index (Phi) is 4.92. The zero-order valence-corrected chi connectivity index (χ0v) is 12.3. The van der Waals surface area contributed by atoms with Crippen molar-refractivity contribution in [3.63, 3.8) is 0 Å². The molecular weight excluding hydrogens is 296 g/mol. The van der Waals surface area contributed by atoms with Gasteiger partial charge in [0.2, 0.25) is 0 Å². The number of aliphatic hydroxyl groups is 1. The van der Waals surface area contributed by atoms with Crippen LogP contribution in [0.3, 0.4) is 0 Å². The zero-order chi connectivity index (χ0) is 15.5. The lowest BCUT2D eigenvalue weighted by Crippen LogP contribution is -2.45. The van der Waals surface area contributed by atoms with Crippen LogP contribution >= 0.6 is 0 Å². The summed E-state index contributed by atoms with van der Waals surface area (Å²) in [4.78, 5) is 14.5. The van der Waals surface area contributed by atoms with Crippen LogP contribution in [-0.4, -0.2) is 53.1 Å². The zero-order valence-electron chi connectivity index (χ0n) is 11.5. The summed E-state index contributed by atoms with van der Waals surface area (Å²) in [5, 5.41) is 17.6. The molecule has 2 N–H and O–H groups in total. The number of carboxylic acids is 1. The quantitative estimate of drug-likeness (QED) is 0.767. The second kappa shape index (κ2) is 6.50. The maximum absolute atomic E-state index is 12.6. The molecule has 0 bridgehead atoms. The van der Waals surface area contributed by atoms with Crippen molar-refractivity contribution in [2.45, 2.75) is 36.8 Å². The summed E-state index contributed by atoms with van der Waals surface area (Å²) in [6, 6.07) is 2.39. The Morgan fingerprint density at radius 3 is 2.52 bits per heavy atom. The molecule has 0 aliphatic heterocycles. The first-order valence-electron chi connectivity index (χ1n) is 6.79. The Hall–Kier alpha value is -1.51. The first-order valence-corrected chi connectivity index (χ1v) is 8.23. The number of hydrogen-bond acceptors (Lipinski definition) is 5. The molecule has 0 unspecified atom stereocenters. The average molecular weight is 314 g/mol. The van der Waals surface area contributed by atoms with Crippen LogP contribution in [0.25, 0.3) is 0 Å². The first-order chi connectivity index (χ1) is 9.96. The van der Waals surface area contributed by atoms with Gasteiger partial charge in [-0.25, -0.2) is 18.2 Å². The Labute approximate surface area is 123 Å². The fraction of sp³-hybridized carbons (Fsp3) is 0.538. The highest BCUT2D eigenvalue weighted by Gasteiger charge is 2.35. The van der Waals surface area contributed by atoms with Crippen molar-refractivity contribution in [3.05, 3.63) is 23.9 Å². The Balaban J connectivity index is 2.26. The van der Waals surface area contributed by atoms with E-state index in [1.165, 1.54) is 16.4 Å². The van der Waals surface area contributed by atoms with Crippen molar-refractivity contribution in [2.75, 3.05) is 13.2 Å². The predicted octanol–water partition coefficient (Wildman–Crippen LogP) is 0.705. The van der Waals surface area contributed by atoms with Crippen LogP contribution in [0.4, 0.5) is 0 Å². The highest BCUT2D eigenvalue weighted by molar-refractivity contribution is 7.89. The minimum absolute atomic E-state index is 0.0532. The van der Waals surface area contributed by atoms with Crippen molar-refractivity contribution in [1.29, 1.82) is 0 Å². The highest BCUT2D eigenvalue weighted by atomic mass is 32.2. The number of carbonyl (C=O) groups is 1. The molecule has 1 aromatic heterocycles. The van der Waals surface area contributed by atoms with Gasteiger partial charge in [-0.3, -0.25) is 0 Å². The summed E-state index contributed by atoms with van der Waals surface area (Å²) < 4.78 is 26.5. The third-order valence-electron chi connectivity index (χ3n) is 3.57. The normalized spacial score (nSPS) is 15.9. The number of aromatic carboxylic acids is 1. The molecule has 0 saturated heterocycles. The van der Waals surface area contributed by atoms with Gasteiger partial charge in [0, 0.05) is 25.4 Å². The topological polar surface area (TPSA) is 108 Å². The number of aromatic nitrogens is 1. The summed E-state index contributed by atoms with van der Waals surface area (Å²) in [7, 11) is -3.76. The van der Waals surface area contributed by atoms with Crippen LogP contribution in [0, 0.1) is 0 Å². The van der Waals surface area contributed by atoms with Gasteiger partial charge in [-0.2, -0.15) is 4.31 Å². The molecule has 0 spiro atoms. The Bertz CT molecular complexity index is 595. The molecule has 2 rings (SSSR count). The van der Waals surface area contributed by atoms with E-state index in [1.54, 1.807) is 0 Å². The van der Waals surface area contributed by atoms with Crippen LogP contribution in [0.15, 0.2) is 23.4 Å². The number of carboxylic acid groups (broad SMARTS) is 1. The number of hydrogen-bond donors (Lipinski definition) is 2. The van der Waals surface area contributed by atoms with E-state index in [9.17, 15) is 13.2 Å². The van der Waals surface area contributed by atoms with E-state index in [1.807, 2.05) is 0 Å². The molecule has 1 saturated carbocycles. The van der Waals surface area contributed by atoms with E-state index in [2.05, 4.69) is 4.98 Å². The standard InChI is InChI=1S/C13H18N2O5S/c16-8-2-7-15(11-3-1-4-11)21(19,20)12-6-5-10(9-14-12)13(17)18/h5-6,9,11,16H,1-4,7-8H2,(H,17,18). The third-order valence-corrected chi connectivity index (χ3v) is 5.44. The van der Waals surface area contributed by atoms with Crippen LogP contribution in [0.5, 0.6) is 0 Å². The van der Waals surface area contributed by atoms with E-state index in [0.717, 1.165) is 25.5 Å². The van der Waals surface area contributed by atoms with Gasteiger partial charge >= 0.3 is 5.97 Å². The molecule has 7 nitrogen and oxygen atoms in total. The predicted molar refractivity (Wildman–Crippen MR) is 74.4 cm³/mol. The molecule has 0 atom stereocenters. The van der Waals surface area contributed by atoms with Crippen molar-refractivity contribution in [2.24, 2.45) is 0 Å². The van der Waals surface area contributed by atoms with Gasteiger partial charge in [-0.05, 0) is 31.4 Å². The smallest absolute Gasteiger partial charge is 0.337 e. The Morgan fingerprint density at radius 2 is 2.10 bits per heavy atom. The van der Waals surface area contributed by atoms with Crippen LogP contribution < -0.4 is 0 Å². The number of sulfonamides is 1. The molecule has 21 heavy (non-hydrogen) atoms. The molecule has 1 aliphatic rings. The summed E-state index contributed by atoms with van der Waals surface area (Å²) in [6.45, 7) is 0.163. The minimum Gasteiger partial charge on any atom is -0.478 e. The first kappa shape index (κ1) is 15.9. The lowest BCUT2D eigenvalue weighted by atomic mass is 9.93. The maximum atomic E-state index is 12.6. The lowest BCUT2D eigenvalue weighted by molar-refractivity contribution is 0.0696. The van der Waals surface area contributed by atoms with E-state index < -0.39 is 16.0 Å². The molecule has 116 valence electrons. The molecule has 0 radical (unpaired) electrons. The van der Waals surface area contributed by atoms with Crippen molar-refractivity contribution < 1.29 is 23.4 Å². The highest BCUT2D eigenvalue weighted by Crippen LogP contribution is 2.29. The molecule has 0 amide bonds. The summed E-state index contributed by atoms with van der Waals surface area (Å²) in [5.41, 5.74) is -0.0560. The average Bonchev–Trinajstić information content (AvgIpc) is 2.41. The molecule has 1 heterocycles. The molecule has 1 fully saturated rings. The molecule has 8 heteroatoms. The lowest BCUT2D eigenvalue weighted by Gasteiger charge is -2.36. The Morgan fingerprint density at radius 1 is 1.38 bits per heavy atom. The van der Waals surface area contributed by atoms with Gasteiger partial charge in [0.05, 0.1) is 5.56 Å². The van der Waals surface area contributed by atoms with Gasteiger partial charge in [-0.1, -0.05) is 6.42 Å². The van der Waals surface area contributed by atoms with Gasteiger partial charge in [-0.15, -0.1) is 0 Å². The number of nitrogens with zero attached hydrogens (tertiary/aromatic N) is 2. The minimum atomic E-state index is -3.76. The van der Waals surface area contributed by atoms with Crippen molar-refractivity contribution in [1.82, 2.24) is 9.29 Å². The summed E-state index contributed by atoms with van der Waals surface area (Å²) in [5.74, 6) is -1.15. The SMILES string of the molecule is O=C(O)c1ccc(S(=O)(=O)N(CCCO)C2CCC2)nc1. The number of aliphatic hydroxyl groups excluding tert-OH is 1. The number of pyridine rings is 1. The summed E-state index contributed by atoms with van der Waals surface area (Å²) in [6.07, 6.45) is 4.00. The van der Waals surface area contributed by atoms with Gasteiger partial charge in [0.25, 0.3) is 10.0 Å². The van der Waals surface area contributed by atoms with Crippen molar-refractivity contribution >= 4 is 16.0 Å². The van der Waals surface area contributed by atoms with Crippen LogP contribution in [0.2, 0.25) is 0 Å². The summed E-state index contributed by atoms with van der Waals surface area (Å²) >= 11 is 0. The van der Waals surface area contributed by atoms with Gasteiger partial charge in [0.15, 0.2) is 5.03 Å². The van der Waals surface area contributed by atoms with Crippen LogP contribution in [-0.2, 0) is 10.0 Å². The monoisotopic (exact) mass is 314 g/mol. The molecular formula is C13H18N2O5S. The van der Waals surface area contributed by atoms with Gasteiger partial charge in [0.1, 0.15) is 0 Å². The van der Waals surface area contributed by atoms with E-state index >= 15 is 0 Å². The fourth-order valence-corrected chi connectivity index (χ4v) is 3.82. The van der Waals surface area contributed by atoms with E-state index in [4.69, 9.17) is 10.2 Å². The maximum Gasteiger partial charge on any atom is 0.337 e. The molecule has 1 aromatic rings. The van der Waals surface area contributed by atoms with E-state index in [0.29, 0.717) is 6.42 Å². The largest absolute Gasteiger partial charge is 0.478 e. The van der Waals surface area contributed by atoms with E-state index in [-0.39, 0.29) is 29.8 Å². The fourth-order valence-electron chi connectivity index (χ4n) is 2.18.